The summed E-state index contributed by atoms with van der Waals surface area (Å²) in [6.07, 6.45) is 2.71. The van der Waals surface area contributed by atoms with Crippen molar-refractivity contribution >= 4 is 28.6 Å². The summed E-state index contributed by atoms with van der Waals surface area (Å²) in [6, 6.07) is 10.0. The van der Waals surface area contributed by atoms with Crippen LogP contribution in [0.4, 0.5) is 0 Å². The molecular weight excluding hydrogens is 336 g/mol. The molecule has 0 amide bonds. The fourth-order valence-electron chi connectivity index (χ4n) is 2.84. The lowest BCUT2D eigenvalue weighted by molar-refractivity contribution is 0.462. The molecule has 3 aromatic rings. The molecule has 6 nitrogen and oxygen atoms in total. The van der Waals surface area contributed by atoms with Crippen LogP contribution < -0.4 is 5.32 Å². The maximum atomic E-state index is 6.05. The number of nitrogens with one attached hydrogen (secondary N) is 2. The zero-order valence-corrected chi connectivity index (χ0v) is 15.5. The molecule has 0 saturated carbocycles. The number of aliphatic imine (C=N–C) groups is 1. The average Bonchev–Trinajstić information content (AvgIpc) is 3.13. The van der Waals surface area contributed by atoms with Gasteiger partial charge >= 0.3 is 0 Å². The molecule has 2 heterocycles. The summed E-state index contributed by atoms with van der Waals surface area (Å²) in [6.45, 7) is 1.48. The van der Waals surface area contributed by atoms with Crippen LogP contribution in [0.25, 0.3) is 11.0 Å². The van der Waals surface area contributed by atoms with Crippen molar-refractivity contribution in [1.82, 2.24) is 24.8 Å². The third-order valence-corrected chi connectivity index (χ3v) is 4.34. The van der Waals surface area contributed by atoms with E-state index in [1.165, 1.54) is 0 Å². The number of para-hydroxylation sites is 2. The van der Waals surface area contributed by atoms with Crippen molar-refractivity contribution < 1.29 is 0 Å². The summed E-state index contributed by atoms with van der Waals surface area (Å²) in [4.78, 5) is 14.4. The van der Waals surface area contributed by atoms with Gasteiger partial charge in [-0.25, -0.2) is 4.98 Å². The molecule has 0 bridgehead atoms. The molecule has 0 aliphatic carbocycles. The minimum atomic E-state index is 0.730. The lowest BCUT2D eigenvalue weighted by Crippen LogP contribution is -2.39. The summed E-state index contributed by atoms with van der Waals surface area (Å²) in [5.41, 5.74) is 3.20. The zero-order valence-electron chi connectivity index (χ0n) is 14.8. The van der Waals surface area contributed by atoms with Crippen molar-refractivity contribution in [2.45, 2.75) is 13.0 Å². The number of rotatable bonds is 5. The van der Waals surface area contributed by atoms with Gasteiger partial charge < -0.3 is 19.8 Å². The highest BCUT2D eigenvalue weighted by Crippen LogP contribution is 2.14. The number of hydrogen-bond acceptors (Lipinski definition) is 2. The third kappa shape index (κ3) is 4.14. The first-order valence-corrected chi connectivity index (χ1v) is 8.61. The van der Waals surface area contributed by atoms with Crippen LogP contribution >= 0.6 is 11.6 Å². The standard InChI is InChI=1S/C18H23ClN6/c1-20-18(25(3)12-14-10-13(19)11-24(14)2)21-9-8-17-22-15-6-4-5-7-16(15)23-17/h4-7,10-11H,8-9,12H2,1-3H3,(H,20,21)(H,22,23). The number of guanidine groups is 1. The van der Waals surface area contributed by atoms with Gasteiger partial charge in [0.05, 0.1) is 22.6 Å². The zero-order chi connectivity index (χ0) is 17.8. The number of H-pyrrole nitrogens is 1. The Morgan fingerprint density at radius 2 is 2.20 bits per heavy atom. The number of aromatic nitrogens is 3. The van der Waals surface area contributed by atoms with Crippen LogP contribution in [-0.2, 0) is 20.0 Å². The van der Waals surface area contributed by atoms with Crippen molar-refractivity contribution in [3.05, 3.63) is 53.1 Å². The van der Waals surface area contributed by atoms with Gasteiger partial charge in [-0.15, -0.1) is 0 Å². The summed E-state index contributed by atoms with van der Waals surface area (Å²) < 4.78 is 2.03. The van der Waals surface area contributed by atoms with Crippen LogP contribution in [0.5, 0.6) is 0 Å². The minimum absolute atomic E-state index is 0.730. The number of aromatic amines is 1. The number of nitrogens with zero attached hydrogens (tertiary/aromatic N) is 4. The van der Waals surface area contributed by atoms with Crippen LogP contribution in [0.1, 0.15) is 11.5 Å². The van der Waals surface area contributed by atoms with Gasteiger partial charge in [0, 0.05) is 46.0 Å². The first-order chi connectivity index (χ1) is 12.1. The molecule has 0 radical (unpaired) electrons. The molecular formula is C18H23ClN6. The Hall–Kier alpha value is -2.47. The summed E-state index contributed by atoms with van der Waals surface area (Å²) in [5.74, 6) is 1.81. The molecule has 0 aliphatic rings. The molecule has 2 N–H and O–H groups in total. The molecule has 2 aromatic heterocycles. The van der Waals surface area contributed by atoms with Crippen molar-refractivity contribution in [1.29, 1.82) is 0 Å². The highest BCUT2D eigenvalue weighted by Gasteiger charge is 2.10. The maximum absolute atomic E-state index is 6.05. The van der Waals surface area contributed by atoms with Crippen LogP contribution in [0.3, 0.4) is 0 Å². The SMILES string of the molecule is CN=C(NCCc1nc2ccccc2[nH]1)N(C)Cc1cc(Cl)cn1C. The molecule has 0 atom stereocenters. The van der Waals surface area contributed by atoms with Crippen LogP contribution in [-0.4, -0.2) is 46.0 Å². The Kier molecular flexibility index (Phi) is 5.28. The van der Waals surface area contributed by atoms with E-state index in [9.17, 15) is 0 Å². The van der Waals surface area contributed by atoms with Crippen molar-refractivity contribution in [2.24, 2.45) is 12.0 Å². The summed E-state index contributed by atoms with van der Waals surface area (Å²) in [7, 11) is 5.79. The Morgan fingerprint density at radius 3 is 2.88 bits per heavy atom. The van der Waals surface area contributed by atoms with E-state index in [2.05, 4.69) is 25.2 Å². The van der Waals surface area contributed by atoms with E-state index in [1.54, 1.807) is 7.05 Å². The number of halogens is 1. The Morgan fingerprint density at radius 1 is 1.40 bits per heavy atom. The molecule has 7 heteroatoms. The van der Waals surface area contributed by atoms with E-state index in [4.69, 9.17) is 11.6 Å². The number of fused-ring (bicyclic) bond motifs is 1. The molecule has 3 rings (SSSR count). The van der Waals surface area contributed by atoms with Crippen molar-refractivity contribution in [3.8, 4) is 0 Å². The van der Waals surface area contributed by atoms with E-state index in [0.29, 0.717) is 0 Å². The highest BCUT2D eigenvalue weighted by molar-refractivity contribution is 6.30. The lowest BCUT2D eigenvalue weighted by atomic mass is 10.3. The minimum Gasteiger partial charge on any atom is -0.356 e. The molecule has 0 unspecified atom stereocenters. The Balaban J connectivity index is 1.55. The molecule has 25 heavy (non-hydrogen) atoms. The molecule has 1 aromatic carbocycles. The van der Waals surface area contributed by atoms with E-state index >= 15 is 0 Å². The second kappa shape index (κ2) is 7.61. The third-order valence-electron chi connectivity index (χ3n) is 4.13. The van der Waals surface area contributed by atoms with Gasteiger partial charge in [0.25, 0.3) is 0 Å². The van der Waals surface area contributed by atoms with E-state index < -0.39 is 0 Å². The van der Waals surface area contributed by atoms with E-state index in [1.807, 2.05) is 55.2 Å². The normalized spacial score (nSPS) is 11.9. The Bertz CT molecular complexity index is 846. The van der Waals surface area contributed by atoms with E-state index in [-0.39, 0.29) is 0 Å². The summed E-state index contributed by atoms with van der Waals surface area (Å²) in [5, 5.41) is 4.13. The first-order valence-electron chi connectivity index (χ1n) is 8.23. The number of imidazole rings is 1. The number of aryl methyl sites for hydroxylation is 1. The molecule has 0 saturated heterocycles. The van der Waals surface area contributed by atoms with E-state index in [0.717, 1.165) is 53.0 Å². The fraction of sp³-hybridized carbons (Fsp3) is 0.333. The van der Waals surface area contributed by atoms with Gasteiger partial charge in [0.1, 0.15) is 5.82 Å². The second-order valence-electron chi connectivity index (χ2n) is 6.04. The topological polar surface area (TPSA) is 61.2 Å². The summed E-state index contributed by atoms with van der Waals surface area (Å²) >= 11 is 6.05. The average molecular weight is 359 g/mol. The quantitative estimate of drug-likeness (QED) is 0.544. The second-order valence-corrected chi connectivity index (χ2v) is 6.48. The first kappa shape index (κ1) is 17.4. The van der Waals surface area contributed by atoms with Gasteiger partial charge in [-0.05, 0) is 18.2 Å². The molecule has 0 aliphatic heterocycles. The van der Waals surface area contributed by atoms with Gasteiger partial charge in [-0.2, -0.15) is 0 Å². The van der Waals surface area contributed by atoms with Gasteiger partial charge in [0.15, 0.2) is 5.96 Å². The monoisotopic (exact) mass is 358 g/mol. The molecule has 132 valence electrons. The largest absolute Gasteiger partial charge is 0.356 e. The van der Waals surface area contributed by atoms with Crippen LogP contribution in [0, 0.1) is 0 Å². The van der Waals surface area contributed by atoms with Crippen molar-refractivity contribution in [3.63, 3.8) is 0 Å². The Labute approximate surface area is 152 Å². The van der Waals surface area contributed by atoms with Gasteiger partial charge in [-0.1, -0.05) is 23.7 Å². The van der Waals surface area contributed by atoms with Gasteiger partial charge in [-0.3, -0.25) is 4.99 Å². The molecule has 0 spiro atoms. The smallest absolute Gasteiger partial charge is 0.193 e. The fourth-order valence-corrected chi connectivity index (χ4v) is 3.12. The highest BCUT2D eigenvalue weighted by atomic mass is 35.5. The maximum Gasteiger partial charge on any atom is 0.193 e. The number of hydrogen-bond donors (Lipinski definition) is 2. The lowest BCUT2D eigenvalue weighted by Gasteiger charge is -2.22. The predicted octanol–water partition coefficient (Wildman–Crippen LogP) is 2.80. The van der Waals surface area contributed by atoms with Crippen molar-refractivity contribution in [2.75, 3.05) is 20.6 Å². The van der Waals surface area contributed by atoms with Crippen LogP contribution in [0.15, 0.2) is 41.5 Å². The number of benzene rings is 1. The van der Waals surface area contributed by atoms with Crippen LogP contribution in [0.2, 0.25) is 5.02 Å². The molecule has 0 fully saturated rings. The van der Waals surface area contributed by atoms with Gasteiger partial charge in [0.2, 0.25) is 0 Å². The predicted molar refractivity (Wildman–Crippen MR) is 103 cm³/mol.